The lowest BCUT2D eigenvalue weighted by Gasteiger charge is -2.18. The van der Waals surface area contributed by atoms with Gasteiger partial charge in [0.2, 0.25) is 0 Å². The second-order valence-electron chi connectivity index (χ2n) is 4.35. The predicted molar refractivity (Wildman–Crippen MR) is 91.0 cm³/mol. The molecule has 1 aromatic heterocycles. The van der Waals surface area contributed by atoms with Gasteiger partial charge in [-0.25, -0.2) is 0 Å². The molecule has 2 nitrogen and oxygen atoms in total. The van der Waals surface area contributed by atoms with Gasteiger partial charge in [0, 0.05) is 27.1 Å². The molecule has 0 bridgehead atoms. The highest BCUT2D eigenvalue weighted by molar-refractivity contribution is 14.1. The van der Waals surface area contributed by atoms with Crippen molar-refractivity contribution in [2.75, 3.05) is 6.54 Å². The van der Waals surface area contributed by atoms with Crippen LogP contribution in [0.3, 0.4) is 0 Å². The fourth-order valence-electron chi connectivity index (χ4n) is 1.90. The summed E-state index contributed by atoms with van der Waals surface area (Å²) in [6.07, 6.45) is 4.03. The maximum atomic E-state index is 6.23. The van der Waals surface area contributed by atoms with Gasteiger partial charge in [-0.1, -0.05) is 24.6 Å². The molecule has 1 unspecified atom stereocenters. The van der Waals surface area contributed by atoms with Gasteiger partial charge < -0.3 is 5.32 Å². The van der Waals surface area contributed by atoms with E-state index in [0.29, 0.717) is 6.04 Å². The Kier molecular flexibility index (Phi) is 6.06. The lowest BCUT2D eigenvalue weighted by molar-refractivity contribution is 0.532. The van der Waals surface area contributed by atoms with Gasteiger partial charge in [0.25, 0.3) is 0 Å². The summed E-state index contributed by atoms with van der Waals surface area (Å²) in [5.41, 5.74) is 3.12. The van der Waals surface area contributed by atoms with Crippen molar-refractivity contribution in [3.8, 4) is 0 Å². The molecule has 0 fully saturated rings. The Morgan fingerprint density at radius 2 is 2.32 bits per heavy atom. The molecule has 0 radical (unpaired) electrons. The third-order valence-corrected chi connectivity index (χ3v) is 5.25. The number of hydrogen-bond acceptors (Lipinski definition) is 3. The Balaban J connectivity index is 2.18. The van der Waals surface area contributed by atoms with E-state index < -0.39 is 0 Å². The summed E-state index contributed by atoms with van der Waals surface area (Å²) in [6, 6.07) is 6.60. The maximum Gasteiger partial charge on any atom is 0.0794 e. The quantitative estimate of drug-likeness (QED) is 0.704. The second kappa shape index (κ2) is 7.57. The van der Waals surface area contributed by atoms with Crippen LogP contribution in [-0.4, -0.2) is 11.5 Å². The Hall–Kier alpha value is -0.170. The Morgan fingerprint density at radius 1 is 1.47 bits per heavy atom. The van der Waals surface area contributed by atoms with E-state index in [-0.39, 0.29) is 0 Å². The van der Waals surface area contributed by atoms with Crippen molar-refractivity contribution >= 4 is 45.5 Å². The number of nitrogens with zero attached hydrogens (tertiary/aromatic N) is 1. The molecular weight excluding hydrogens is 391 g/mol. The monoisotopic (exact) mass is 406 g/mol. The van der Waals surface area contributed by atoms with Crippen molar-refractivity contribution in [2.24, 2.45) is 0 Å². The van der Waals surface area contributed by atoms with Gasteiger partial charge in [0.15, 0.2) is 0 Å². The third-order valence-electron chi connectivity index (χ3n) is 2.88. The molecule has 0 aliphatic carbocycles. The molecule has 0 amide bonds. The Labute approximate surface area is 136 Å². The summed E-state index contributed by atoms with van der Waals surface area (Å²) < 4.78 is 1.09. The first-order valence-electron chi connectivity index (χ1n) is 6.26. The molecule has 5 heteroatoms. The molecule has 0 aliphatic heterocycles. The fourth-order valence-corrected chi connectivity index (χ4v) is 3.07. The summed E-state index contributed by atoms with van der Waals surface area (Å²) in [7, 11) is 0. The summed E-state index contributed by atoms with van der Waals surface area (Å²) >= 11 is 10.2. The van der Waals surface area contributed by atoms with E-state index in [1.54, 1.807) is 11.3 Å². The minimum atomic E-state index is 0.301. The van der Waals surface area contributed by atoms with Crippen molar-refractivity contribution in [2.45, 2.75) is 25.8 Å². The van der Waals surface area contributed by atoms with Crippen LogP contribution in [0.25, 0.3) is 0 Å². The SMILES string of the molecule is CCCNC(Cc1cncs1)c1ccc(I)c(Cl)c1. The zero-order valence-corrected chi connectivity index (χ0v) is 14.4. The molecule has 0 aliphatic rings. The van der Waals surface area contributed by atoms with Crippen molar-refractivity contribution in [1.29, 1.82) is 0 Å². The molecular formula is C14H16ClIN2S. The van der Waals surface area contributed by atoms with Gasteiger partial charge in [-0.15, -0.1) is 11.3 Å². The highest BCUT2D eigenvalue weighted by atomic mass is 127. The smallest absolute Gasteiger partial charge is 0.0794 e. The van der Waals surface area contributed by atoms with Gasteiger partial charge in [0.1, 0.15) is 0 Å². The fraction of sp³-hybridized carbons (Fsp3) is 0.357. The largest absolute Gasteiger partial charge is 0.310 e. The van der Waals surface area contributed by atoms with Crippen LogP contribution in [0, 0.1) is 3.57 Å². The molecule has 19 heavy (non-hydrogen) atoms. The average molecular weight is 407 g/mol. The molecule has 0 saturated carbocycles. The minimum Gasteiger partial charge on any atom is -0.310 e. The molecule has 1 heterocycles. The van der Waals surface area contributed by atoms with Gasteiger partial charge in [-0.3, -0.25) is 4.98 Å². The lowest BCUT2D eigenvalue weighted by atomic mass is 10.0. The first kappa shape index (κ1) is 15.2. The van der Waals surface area contributed by atoms with E-state index in [1.165, 1.54) is 10.4 Å². The number of aromatic nitrogens is 1. The van der Waals surface area contributed by atoms with Crippen molar-refractivity contribution in [3.63, 3.8) is 0 Å². The highest BCUT2D eigenvalue weighted by Crippen LogP contribution is 2.26. The molecule has 1 aromatic carbocycles. The van der Waals surface area contributed by atoms with Crippen LogP contribution in [0.15, 0.2) is 29.9 Å². The average Bonchev–Trinajstić information content (AvgIpc) is 2.91. The molecule has 0 saturated heterocycles. The Morgan fingerprint density at radius 3 is 2.95 bits per heavy atom. The van der Waals surface area contributed by atoms with Crippen LogP contribution in [0.4, 0.5) is 0 Å². The lowest BCUT2D eigenvalue weighted by Crippen LogP contribution is -2.23. The van der Waals surface area contributed by atoms with Crippen LogP contribution in [0.1, 0.15) is 29.8 Å². The van der Waals surface area contributed by atoms with E-state index in [2.05, 4.69) is 58.0 Å². The van der Waals surface area contributed by atoms with Crippen LogP contribution >= 0.6 is 45.5 Å². The summed E-state index contributed by atoms with van der Waals surface area (Å²) in [4.78, 5) is 5.44. The van der Waals surface area contributed by atoms with E-state index in [9.17, 15) is 0 Å². The summed E-state index contributed by atoms with van der Waals surface area (Å²) in [5, 5.41) is 4.41. The predicted octanol–water partition coefficient (Wildman–Crippen LogP) is 4.68. The zero-order chi connectivity index (χ0) is 13.7. The molecule has 1 atom stereocenters. The van der Waals surface area contributed by atoms with Crippen molar-refractivity contribution in [3.05, 3.63) is 48.9 Å². The summed E-state index contributed by atoms with van der Waals surface area (Å²) in [6.45, 7) is 3.19. The molecule has 1 N–H and O–H groups in total. The zero-order valence-electron chi connectivity index (χ0n) is 10.7. The molecule has 2 aromatic rings. The number of nitrogens with one attached hydrogen (secondary N) is 1. The van der Waals surface area contributed by atoms with Gasteiger partial charge in [-0.05, 0) is 53.3 Å². The van der Waals surface area contributed by atoms with Crippen LogP contribution in [0.5, 0.6) is 0 Å². The highest BCUT2D eigenvalue weighted by Gasteiger charge is 2.13. The van der Waals surface area contributed by atoms with Crippen LogP contribution in [0.2, 0.25) is 5.02 Å². The van der Waals surface area contributed by atoms with E-state index in [1.807, 2.05) is 11.7 Å². The topological polar surface area (TPSA) is 24.9 Å². The van der Waals surface area contributed by atoms with Crippen molar-refractivity contribution < 1.29 is 0 Å². The molecule has 2 rings (SSSR count). The standard InChI is InChI=1S/C14H16ClIN2S/c1-2-5-18-14(7-11-8-17-9-19-11)10-3-4-13(16)12(15)6-10/h3-4,6,8-9,14,18H,2,5,7H2,1H3. The summed E-state index contributed by atoms with van der Waals surface area (Å²) in [5.74, 6) is 0. The number of halogens is 2. The van der Waals surface area contributed by atoms with Gasteiger partial charge in [-0.2, -0.15) is 0 Å². The number of rotatable bonds is 6. The third kappa shape index (κ3) is 4.41. The first-order chi connectivity index (χ1) is 9.20. The number of benzene rings is 1. The van der Waals surface area contributed by atoms with E-state index in [0.717, 1.165) is 28.0 Å². The van der Waals surface area contributed by atoms with Crippen LogP contribution < -0.4 is 5.32 Å². The molecule has 102 valence electrons. The Bertz CT molecular complexity index is 516. The second-order valence-corrected chi connectivity index (χ2v) is 6.89. The van der Waals surface area contributed by atoms with E-state index >= 15 is 0 Å². The maximum absolute atomic E-state index is 6.23. The normalized spacial score (nSPS) is 12.6. The number of hydrogen-bond donors (Lipinski definition) is 1. The minimum absolute atomic E-state index is 0.301. The van der Waals surface area contributed by atoms with Gasteiger partial charge in [0.05, 0.1) is 10.5 Å². The van der Waals surface area contributed by atoms with E-state index in [4.69, 9.17) is 11.6 Å². The van der Waals surface area contributed by atoms with Crippen LogP contribution in [-0.2, 0) is 6.42 Å². The number of thiazole rings is 1. The first-order valence-corrected chi connectivity index (χ1v) is 8.60. The van der Waals surface area contributed by atoms with Gasteiger partial charge >= 0.3 is 0 Å². The molecule has 0 spiro atoms. The van der Waals surface area contributed by atoms with Crippen molar-refractivity contribution in [1.82, 2.24) is 10.3 Å².